The number of nitrogens with zero attached hydrogens (tertiary/aromatic N) is 4. The van der Waals surface area contributed by atoms with Crippen molar-refractivity contribution >= 4 is 23.2 Å². The highest BCUT2D eigenvalue weighted by Crippen LogP contribution is 2.42. The van der Waals surface area contributed by atoms with Crippen LogP contribution in [0.1, 0.15) is 34.9 Å². The lowest BCUT2D eigenvalue weighted by Crippen LogP contribution is -2.46. The number of guanidine groups is 1. The number of amides is 1. The Morgan fingerprint density at radius 2 is 1.87 bits per heavy atom. The minimum atomic E-state index is -2.94. The molecule has 0 fully saturated rings. The quantitative estimate of drug-likeness (QED) is 0.684. The number of hydrogen-bond donors (Lipinski definition) is 1. The minimum absolute atomic E-state index is 0.0996. The highest BCUT2D eigenvalue weighted by Gasteiger charge is 2.39. The first-order valence-corrected chi connectivity index (χ1v) is 10.2. The lowest BCUT2D eigenvalue weighted by atomic mass is 9.87. The molecular weight excluding hydrogens is 408 g/mol. The average Bonchev–Trinajstić information content (AvgIpc) is 3.34. The van der Waals surface area contributed by atoms with Gasteiger partial charge in [-0.2, -0.15) is 5.10 Å². The van der Waals surface area contributed by atoms with Crippen LogP contribution in [-0.2, 0) is 17.8 Å². The fourth-order valence-corrected chi connectivity index (χ4v) is 4.52. The predicted octanol–water partition coefficient (Wildman–Crippen LogP) is 3.87. The van der Waals surface area contributed by atoms with Crippen LogP contribution in [-0.4, -0.2) is 33.6 Å². The van der Waals surface area contributed by atoms with Gasteiger partial charge in [0.25, 0.3) is 5.92 Å². The molecule has 0 saturated carbocycles. The Morgan fingerprint density at radius 1 is 1.17 bits per heavy atom. The number of nitrogens with two attached hydrogens (primary N) is 1. The van der Waals surface area contributed by atoms with Crippen LogP contribution in [0.4, 0.5) is 8.78 Å². The van der Waals surface area contributed by atoms with Crippen molar-refractivity contribution in [3.05, 3.63) is 64.1 Å². The summed E-state index contributed by atoms with van der Waals surface area (Å²) in [5, 5.41) is 6.18. The molecule has 1 aromatic carbocycles. The molecule has 1 aliphatic rings. The molecule has 2 N–H and O–H groups in total. The Labute approximate surface area is 176 Å². The van der Waals surface area contributed by atoms with Crippen molar-refractivity contribution in [2.24, 2.45) is 17.8 Å². The standard InChI is InChI=1S/C21H21F2N5OS/c1-21(22,23)15-6-4-12(5-7-15)17-18(26-20(24)28(3)19(17)29)16-8-13(11-30-16)14-9-25-27(2)10-14/h4-11,17-18H,1-3H3,(H2,24,26)/t17?,18-/m1/s1. The van der Waals surface area contributed by atoms with E-state index in [0.717, 1.165) is 22.9 Å². The number of thiophene rings is 1. The molecule has 0 bridgehead atoms. The van der Waals surface area contributed by atoms with Gasteiger partial charge in [0, 0.05) is 43.2 Å². The fraction of sp³-hybridized carbons (Fsp3) is 0.286. The molecule has 3 heterocycles. The number of hydrogen-bond acceptors (Lipinski definition) is 5. The SMILES string of the molecule is CN1C(=O)C(c2ccc(C(C)(F)F)cc2)[C@@H](c2cc(-c3cnn(C)c3)cs2)N=C1N. The van der Waals surface area contributed by atoms with Gasteiger partial charge in [-0.1, -0.05) is 24.3 Å². The van der Waals surface area contributed by atoms with Crippen LogP contribution in [0.25, 0.3) is 11.1 Å². The van der Waals surface area contributed by atoms with Crippen molar-refractivity contribution in [3.63, 3.8) is 0 Å². The van der Waals surface area contributed by atoms with E-state index >= 15 is 0 Å². The molecule has 0 saturated heterocycles. The first-order valence-electron chi connectivity index (χ1n) is 9.31. The molecule has 9 heteroatoms. The first-order chi connectivity index (χ1) is 14.1. The van der Waals surface area contributed by atoms with Gasteiger partial charge in [0.2, 0.25) is 5.91 Å². The summed E-state index contributed by atoms with van der Waals surface area (Å²) in [6.07, 6.45) is 3.68. The van der Waals surface area contributed by atoms with E-state index in [-0.39, 0.29) is 17.4 Å². The number of benzene rings is 1. The number of carbonyl (C=O) groups is 1. The number of aromatic nitrogens is 2. The largest absolute Gasteiger partial charge is 0.369 e. The summed E-state index contributed by atoms with van der Waals surface area (Å²) in [6.45, 7) is 0.848. The van der Waals surface area contributed by atoms with Gasteiger partial charge in [0.1, 0.15) is 6.04 Å². The van der Waals surface area contributed by atoms with Crippen molar-refractivity contribution in [1.82, 2.24) is 14.7 Å². The van der Waals surface area contributed by atoms with Gasteiger partial charge in [-0.25, -0.2) is 13.8 Å². The Bertz CT molecular complexity index is 1110. The third kappa shape index (κ3) is 3.60. The number of carbonyl (C=O) groups excluding carboxylic acids is 1. The summed E-state index contributed by atoms with van der Waals surface area (Å²) in [7, 11) is 3.41. The maximum Gasteiger partial charge on any atom is 0.270 e. The summed E-state index contributed by atoms with van der Waals surface area (Å²) < 4.78 is 28.9. The lowest BCUT2D eigenvalue weighted by Gasteiger charge is -2.32. The second kappa shape index (κ2) is 7.32. The third-order valence-electron chi connectivity index (χ3n) is 5.25. The van der Waals surface area contributed by atoms with Gasteiger partial charge in [0.15, 0.2) is 5.96 Å². The van der Waals surface area contributed by atoms with Gasteiger partial charge in [-0.15, -0.1) is 11.3 Å². The zero-order valence-electron chi connectivity index (χ0n) is 16.7. The average molecular weight is 429 g/mol. The zero-order valence-corrected chi connectivity index (χ0v) is 17.5. The molecule has 30 heavy (non-hydrogen) atoms. The van der Waals surface area contributed by atoms with Gasteiger partial charge >= 0.3 is 0 Å². The number of rotatable bonds is 4. The predicted molar refractivity (Wildman–Crippen MR) is 112 cm³/mol. The van der Waals surface area contributed by atoms with Crippen molar-refractivity contribution < 1.29 is 13.6 Å². The van der Waals surface area contributed by atoms with Gasteiger partial charge in [0.05, 0.1) is 12.1 Å². The molecule has 1 amide bonds. The second-order valence-electron chi connectivity index (χ2n) is 7.46. The molecule has 0 spiro atoms. The molecule has 1 unspecified atom stereocenters. The normalized spacial score (nSPS) is 19.8. The monoisotopic (exact) mass is 429 g/mol. The highest BCUT2D eigenvalue weighted by molar-refractivity contribution is 7.10. The summed E-state index contributed by atoms with van der Waals surface area (Å²) >= 11 is 1.48. The number of likely N-dealkylation sites (N-methyl/N-ethyl adjacent to an activating group) is 1. The lowest BCUT2D eigenvalue weighted by molar-refractivity contribution is -0.129. The molecule has 6 nitrogen and oxygen atoms in total. The van der Waals surface area contributed by atoms with E-state index in [1.807, 2.05) is 24.7 Å². The maximum absolute atomic E-state index is 13.6. The van der Waals surface area contributed by atoms with E-state index in [9.17, 15) is 13.6 Å². The van der Waals surface area contributed by atoms with E-state index in [4.69, 9.17) is 5.73 Å². The van der Waals surface area contributed by atoms with Crippen molar-refractivity contribution in [2.45, 2.75) is 24.8 Å². The number of aliphatic imine (C=N–C) groups is 1. The van der Waals surface area contributed by atoms with Crippen LogP contribution in [0.5, 0.6) is 0 Å². The first kappa shape index (κ1) is 20.2. The molecule has 4 rings (SSSR count). The smallest absolute Gasteiger partial charge is 0.270 e. The van der Waals surface area contributed by atoms with E-state index in [0.29, 0.717) is 5.56 Å². The summed E-state index contributed by atoms with van der Waals surface area (Å²) in [5.74, 6) is -3.68. The van der Waals surface area contributed by atoms with Gasteiger partial charge in [-0.05, 0) is 22.6 Å². The van der Waals surface area contributed by atoms with E-state index < -0.39 is 17.9 Å². The summed E-state index contributed by atoms with van der Waals surface area (Å²) in [6, 6.07) is 7.31. The highest BCUT2D eigenvalue weighted by atomic mass is 32.1. The molecule has 1 aliphatic heterocycles. The second-order valence-corrected chi connectivity index (χ2v) is 8.40. The maximum atomic E-state index is 13.6. The van der Waals surface area contributed by atoms with Gasteiger partial charge in [-0.3, -0.25) is 14.4 Å². The fourth-order valence-electron chi connectivity index (χ4n) is 3.53. The van der Waals surface area contributed by atoms with Crippen molar-refractivity contribution in [3.8, 4) is 11.1 Å². The zero-order chi connectivity index (χ0) is 21.6. The Balaban J connectivity index is 1.74. The van der Waals surface area contributed by atoms with E-state index in [1.54, 1.807) is 30.1 Å². The third-order valence-corrected chi connectivity index (χ3v) is 6.26. The molecular formula is C21H21F2N5OS. The molecule has 0 aliphatic carbocycles. The summed E-state index contributed by atoms with van der Waals surface area (Å²) in [4.78, 5) is 19.8. The molecule has 2 aromatic heterocycles. The van der Waals surface area contributed by atoms with Crippen LogP contribution in [0.2, 0.25) is 0 Å². The topological polar surface area (TPSA) is 76.5 Å². The Hall–Kier alpha value is -3.07. The minimum Gasteiger partial charge on any atom is -0.369 e. The van der Waals surface area contributed by atoms with E-state index in [1.165, 1.54) is 28.4 Å². The van der Waals surface area contributed by atoms with E-state index in [2.05, 4.69) is 10.1 Å². The van der Waals surface area contributed by atoms with Crippen LogP contribution < -0.4 is 5.73 Å². The van der Waals surface area contributed by atoms with Crippen molar-refractivity contribution in [1.29, 1.82) is 0 Å². The van der Waals surface area contributed by atoms with Crippen molar-refractivity contribution in [2.75, 3.05) is 7.05 Å². The van der Waals surface area contributed by atoms with Crippen LogP contribution in [0.15, 0.2) is 53.1 Å². The Kier molecular flexibility index (Phi) is 4.93. The number of halogens is 2. The summed E-state index contributed by atoms with van der Waals surface area (Å²) in [5.41, 5.74) is 8.44. The van der Waals surface area contributed by atoms with Crippen LogP contribution >= 0.6 is 11.3 Å². The molecule has 3 aromatic rings. The Morgan fingerprint density at radius 3 is 2.47 bits per heavy atom. The van der Waals surface area contributed by atoms with Crippen LogP contribution in [0, 0.1) is 0 Å². The number of aryl methyl sites for hydroxylation is 1. The molecule has 156 valence electrons. The number of alkyl halides is 2. The molecule has 2 atom stereocenters. The van der Waals surface area contributed by atoms with Gasteiger partial charge < -0.3 is 5.73 Å². The van der Waals surface area contributed by atoms with Crippen LogP contribution in [0.3, 0.4) is 0 Å². The molecule has 0 radical (unpaired) electrons.